The van der Waals surface area contributed by atoms with E-state index in [2.05, 4.69) is 18.6 Å². The zero-order valence-electron chi connectivity index (χ0n) is 12.7. The first kappa shape index (κ1) is 17.5. The maximum Gasteiger partial charge on any atom is 0.387 e. The highest BCUT2D eigenvalue weighted by atomic mass is 19.3. The van der Waals surface area contributed by atoms with Crippen LogP contribution in [0.5, 0.6) is 5.75 Å². The topological polar surface area (TPSA) is 38.5 Å². The van der Waals surface area contributed by atoms with Gasteiger partial charge in [0.15, 0.2) is 11.6 Å². The standard InChI is InChI=1S/C15H23F3N2O/c1-4-10(5-2)9-20(6-3)13-8-14(21-15(17)18)11(16)7-12(13)19/h7-8,10,15H,4-6,9,19H2,1-3H3. The molecule has 0 radical (unpaired) electrons. The number of nitrogens with zero attached hydrogens (tertiary/aromatic N) is 1. The summed E-state index contributed by atoms with van der Waals surface area (Å²) in [5, 5.41) is 0. The molecule has 1 rings (SSSR count). The molecule has 21 heavy (non-hydrogen) atoms. The van der Waals surface area contributed by atoms with Crippen molar-refractivity contribution in [3.63, 3.8) is 0 Å². The van der Waals surface area contributed by atoms with Crippen LogP contribution < -0.4 is 15.4 Å². The fourth-order valence-electron chi connectivity index (χ4n) is 2.27. The summed E-state index contributed by atoms with van der Waals surface area (Å²) < 4.78 is 42.4. The van der Waals surface area contributed by atoms with Gasteiger partial charge < -0.3 is 15.4 Å². The Morgan fingerprint density at radius 1 is 1.19 bits per heavy atom. The molecule has 0 heterocycles. The summed E-state index contributed by atoms with van der Waals surface area (Å²) in [6.45, 7) is 4.47. The number of hydrogen-bond acceptors (Lipinski definition) is 3. The van der Waals surface area contributed by atoms with E-state index in [0.717, 1.165) is 25.5 Å². The molecule has 0 aliphatic rings. The van der Waals surface area contributed by atoms with Gasteiger partial charge in [-0.3, -0.25) is 0 Å². The first-order valence-corrected chi connectivity index (χ1v) is 7.21. The third-order valence-corrected chi connectivity index (χ3v) is 3.65. The van der Waals surface area contributed by atoms with Crippen LogP contribution in [-0.2, 0) is 0 Å². The fraction of sp³-hybridized carbons (Fsp3) is 0.600. The Balaban J connectivity index is 3.07. The Morgan fingerprint density at radius 3 is 2.29 bits per heavy atom. The number of halogens is 3. The maximum absolute atomic E-state index is 13.6. The van der Waals surface area contributed by atoms with Crippen LogP contribution in [0, 0.1) is 11.7 Å². The van der Waals surface area contributed by atoms with E-state index < -0.39 is 18.2 Å². The van der Waals surface area contributed by atoms with Crippen molar-refractivity contribution in [1.82, 2.24) is 0 Å². The van der Waals surface area contributed by atoms with E-state index in [4.69, 9.17) is 5.73 Å². The molecule has 0 unspecified atom stereocenters. The quantitative estimate of drug-likeness (QED) is 0.729. The van der Waals surface area contributed by atoms with E-state index in [-0.39, 0.29) is 5.69 Å². The van der Waals surface area contributed by atoms with Crippen LogP contribution in [0.25, 0.3) is 0 Å². The Hall–Kier alpha value is -1.59. The van der Waals surface area contributed by atoms with E-state index in [1.54, 1.807) is 0 Å². The molecule has 120 valence electrons. The number of anilines is 2. The third-order valence-electron chi connectivity index (χ3n) is 3.65. The number of alkyl halides is 2. The highest BCUT2D eigenvalue weighted by molar-refractivity contribution is 5.70. The normalized spacial score (nSPS) is 11.2. The Morgan fingerprint density at radius 2 is 1.81 bits per heavy atom. The molecule has 3 nitrogen and oxygen atoms in total. The SMILES string of the molecule is CCC(CC)CN(CC)c1cc(OC(F)F)c(F)cc1N. The summed E-state index contributed by atoms with van der Waals surface area (Å²) in [5.74, 6) is -0.888. The van der Waals surface area contributed by atoms with Crippen LogP contribution >= 0.6 is 0 Å². The van der Waals surface area contributed by atoms with E-state index in [1.165, 1.54) is 6.07 Å². The lowest BCUT2D eigenvalue weighted by Crippen LogP contribution is -2.29. The zero-order chi connectivity index (χ0) is 16.0. The predicted molar refractivity (Wildman–Crippen MR) is 79.4 cm³/mol. The van der Waals surface area contributed by atoms with Crippen molar-refractivity contribution < 1.29 is 17.9 Å². The number of benzene rings is 1. The molecular formula is C15H23F3N2O. The van der Waals surface area contributed by atoms with Gasteiger partial charge in [-0.1, -0.05) is 26.7 Å². The minimum atomic E-state index is -3.06. The molecule has 1 aromatic carbocycles. The smallest absolute Gasteiger partial charge is 0.387 e. The van der Waals surface area contributed by atoms with Gasteiger partial charge in [0, 0.05) is 25.2 Å². The van der Waals surface area contributed by atoms with Crippen LogP contribution in [0.1, 0.15) is 33.6 Å². The molecule has 0 saturated carbocycles. The summed E-state index contributed by atoms with van der Waals surface area (Å²) in [6, 6.07) is 2.28. The van der Waals surface area contributed by atoms with Crippen molar-refractivity contribution in [2.24, 2.45) is 5.92 Å². The lowest BCUT2D eigenvalue weighted by Gasteiger charge is -2.29. The van der Waals surface area contributed by atoms with Gasteiger partial charge in [0.2, 0.25) is 0 Å². The first-order valence-electron chi connectivity index (χ1n) is 7.21. The van der Waals surface area contributed by atoms with E-state index in [0.29, 0.717) is 18.2 Å². The largest absolute Gasteiger partial charge is 0.432 e. The van der Waals surface area contributed by atoms with Crippen LogP contribution in [0.2, 0.25) is 0 Å². The zero-order valence-corrected chi connectivity index (χ0v) is 12.7. The van der Waals surface area contributed by atoms with Crippen molar-refractivity contribution >= 4 is 11.4 Å². The molecular weight excluding hydrogens is 281 g/mol. The van der Waals surface area contributed by atoms with E-state index in [9.17, 15) is 13.2 Å². The maximum atomic E-state index is 13.6. The molecule has 6 heteroatoms. The van der Waals surface area contributed by atoms with Crippen molar-refractivity contribution in [1.29, 1.82) is 0 Å². The number of ether oxygens (including phenoxy) is 1. The molecule has 0 aliphatic carbocycles. The van der Waals surface area contributed by atoms with Crippen molar-refractivity contribution in [3.8, 4) is 5.75 Å². The molecule has 0 spiro atoms. The average molecular weight is 304 g/mol. The molecule has 0 saturated heterocycles. The van der Waals surface area contributed by atoms with Gasteiger partial charge in [-0.05, 0) is 12.8 Å². The van der Waals surface area contributed by atoms with Gasteiger partial charge in [-0.15, -0.1) is 0 Å². The Bertz CT molecular complexity index is 451. The Labute approximate surface area is 123 Å². The molecule has 1 aromatic rings. The van der Waals surface area contributed by atoms with Crippen molar-refractivity contribution in [2.45, 2.75) is 40.2 Å². The van der Waals surface area contributed by atoms with E-state index in [1.807, 2.05) is 11.8 Å². The number of rotatable bonds is 8. The lowest BCUT2D eigenvalue weighted by atomic mass is 10.0. The molecule has 0 bridgehead atoms. The fourth-order valence-corrected chi connectivity index (χ4v) is 2.27. The minimum absolute atomic E-state index is 0.224. The molecule has 0 fully saturated rings. The van der Waals surface area contributed by atoms with E-state index >= 15 is 0 Å². The number of nitrogen functional groups attached to an aromatic ring is 1. The lowest BCUT2D eigenvalue weighted by molar-refractivity contribution is -0.0521. The highest BCUT2D eigenvalue weighted by Crippen LogP contribution is 2.32. The van der Waals surface area contributed by atoms with Crippen LogP contribution in [0.15, 0.2) is 12.1 Å². The average Bonchev–Trinajstić information content (AvgIpc) is 2.43. The Kier molecular flexibility index (Phi) is 6.65. The molecule has 0 aliphatic heterocycles. The van der Waals surface area contributed by atoms with Gasteiger partial charge in [0.1, 0.15) is 0 Å². The minimum Gasteiger partial charge on any atom is -0.432 e. The second kappa shape index (κ2) is 8.00. The van der Waals surface area contributed by atoms with Gasteiger partial charge >= 0.3 is 6.61 Å². The van der Waals surface area contributed by atoms with Gasteiger partial charge in [-0.25, -0.2) is 4.39 Å². The summed E-state index contributed by atoms with van der Waals surface area (Å²) in [7, 11) is 0. The molecule has 0 aromatic heterocycles. The molecule has 2 N–H and O–H groups in total. The summed E-state index contributed by atoms with van der Waals surface area (Å²) in [4.78, 5) is 1.96. The van der Waals surface area contributed by atoms with Gasteiger partial charge in [-0.2, -0.15) is 8.78 Å². The van der Waals surface area contributed by atoms with Crippen molar-refractivity contribution in [2.75, 3.05) is 23.7 Å². The summed E-state index contributed by atoms with van der Waals surface area (Å²) in [5.41, 5.74) is 6.58. The van der Waals surface area contributed by atoms with Crippen LogP contribution in [0.3, 0.4) is 0 Å². The highest BCUT2D eigenvalue weighted by Gasteiger charge is 2.18. The van der Waals surface area contributed by atoms with Crippen molar-refractivity contribution in [3.05, 3.63) is 17.9 Å². The monoisotopic (exact) mass is 304 g/mol. The summed E-state index contributed by atoms with van der Waals surface area (Å²) in [6.07, 6.45) is 2.02. The summed E-state index contributed by atoms with van der Waals surface area (Å²) >= 11 is 0. The van der Waals surface area contributed by atoms with Crippen LogP contribution in [0.4, 0.5) is 24.5 Å². The number of hydrogen-bond donors (Lipinski definition) is 1. The van der Waals surface area contributed by atoms with Crippen LogP contribution in [-0.4, -0.2) is 19.7 Å². The first-order chi connectivity index (χ1) is 9.92. The third kappa shape index (κ3) is 4.72. The second-order valence-electron chi connectivity index (χ2n) is 4.94. The van der Waals surface area contributed by atoms with Gasteiger partial charge in [0.05, 0.1) is 11.4 Å². The predicted octanol–water partition coefficient (Wildman–Crippen LogP) is 4.27. The number of nitrogens with two attached hydrogens (primary N) is 1. The molecule has 0 amide bonds. The van der Waals surface area contributed by atoms with Gasteiger partial charge in [0.25, 0.3) is 0 Å². The molecule has 0 atom stereocenters. The second-order valence-corrected chi connectivity index (χ2v) is 4.94.